The van der Waals surface area contributed by atoms with Gasteiger partial charge in [-0.15, -0.1) is 0 Å². The molecule has 0 aromatic carbocycles. The molecule has 0 N–H and O–H groups in total. The maximum atomic E-state index is 5.46. The summed E-state index contributed by atoms with van der Waals surface area (Å²) in [7, 11) is 0. The Kier molecular flexibility index (Phi) is 3.68. The van der Waals surface area contributed by atoms with Gasteiger partial charge in [-0.1, -0.05) is 13.3 Å². The maximum absolute atomic E-state index is 5.46. The van der Waals surface area contributed by atoms with Gasteiger partial charge in [0.25, 0.3) is 0 Å². The number of nitrogens with zero attached hydrogens (tertiary/aromatic N) is 2. The molecule has 72 valence electrons. The molecule has 0 amide bonds. The van der Waals surface area contributed by atoms with Gasteiger partial charge in [-0.05, 0) is 20.3 Å². The topological polar surface area (TPSA) is 35.0 Å². The van der Waals surface area contributed by atoms with E-state index in [0.29, 0.717) is 5.88 Å². The SMILES string of the molecule is CCCCOc1ncc(C)nc1C. The molecule has 0 fully saturated rings. The number of aryl methyl sites for hydroxylation is 2. The molecule has 0 bridgehead atoms. The quantitative estimate of drug-likeness (QED) is 0.667. The standard InChI is InChI=1S/C10H16N2O/c1-4-5-6-13-10-9(3)12-8(2)7-11-10/h7H,4-6H2,1-3H3. The minimum Gasteiger partial charge on any atom is -0.476 e. The Balaban J connectivity index is 2.56. The minimum atomic E-state index is 0.666. The third kappa shape index (κ3) is 3.01. The Morgan fingerprint density at radius 1 is 1.38 bits per heavy atom. The number of unbranched alkanes of at least 4 members (excludes halogenated alkanes) is 1. The summed E-state index contributed by atoms with van der Waals surface area (Å²) in [5, 5.41) is 0. The molecule has 0 radical (unpaired) electrons. The number of hydrogen-bond acceptors (Lipinski definition) is 3. The Hall–Kier alpha value is -1.12. The molecule has 0 aliphatic rings. The zero-order valence-corrected chi connectivity index (χ0v) is 8.50. The van der Waals surface area contributed by atoms with E-state index in [1.807, 2.05) is 13.8 Å². The smallest absolute Gasteiger partial charge is 0.235 e. The molecule has 3 nitrogen and oxygen atoms in total. The number of rotatable bonds is 4. The molecule has 1 aromatic rings. The lowest BCUT2D eigenvalue weighted by molar-refractivity contribution is 0.293. The van der Waals surface area contributed by atoms with Gasteiger partial charge in [0, 0.05) is 0 Å². The fourth-order valence-corrected chi connectivity index (χ4v) is 1.04. The van der Waals surface area contributed by atoms with Gasteiger partial charge < -0.3 is 4.74 Å². The van der Waals surface area contributed by atoms with Gasteiger partial charge >= 0.3 is 0 Å². The highest BCUT2D eigenvalue weighted by molar-refractivity contribution is 5.17. The molecule has 0 atom stereocenters. The fourth-order valence-electron chi connectivity index (χ4n) is 1.04. The van der Waals surface area contributed by atoms with Crippen LogP contribution >= 0.6 is 0 Å². The molecular weight excluding hydrogens is 164 g/mol. The highest BCUT2D eigenvalue weighted by Gasteiger charge is 2.01. The summed E-state index contributed by atoms with van der Waals surface area (Å²) in [5.74, 6) is 0.666. The number of aromatic nitrogens is 2. The predicted octanol–water partition coefficient (Wildman–Crippen LogP) is 2.27. The molecule has 0 aliphatic carbocycles. The Bertz CT molecular complexity index is 274. The van der Waals surface area contributed by atoms with Crippen molar-refractivity contribution in [1.29, 1.82) is 0 Å². The Morgan fingerprint density at radius 3 is 2.77 bits per heavy atom. The summed E-state index contributed by atoms with van der Waals surface area (Å²) >= 11 is 0. The third-order valence-corrected chi connectivity index (χ3v) is 1.76. The van der Waals surface area contributed by atoms with Crippen LogP contribution in [0.4, 0.5) is 0 Å². The molecule has 0 aliphatic heterocycles. The van der Waals surface area contributed by atoms with Crippen molar-refractivity contribution in [3.8, 4) is 5.88 Å². The van der Waals surface area contributed by atoms with Crippen LogP contribution in [0.3, 0.4) is 0 Å². The van der Waals surface area contributed by atoms with Gasteiger partial charge in [0.2, 0.25) is 5.88 Å². The normalized spacial score (nSPS) is 10.1. The van der Waals surface area contributed by atoms with Crippen molar-refractivity contribution >= 4 is 0 Å². The van der Waals surface area contributed by atoms with Gasteiger partial charge in [-0.3, -0.25) is 4.98 Å². The summed E-state index contributed by atoms with van der Waals surface area (Å²) in [4.78, 5) is 8.43. The third-order valence-electron chi connectivity index (χ3n) is 1.76. The molecule has 13 heavy (non-hydrogen) atoms. The maximum Gasteiger partial charge on any atom is 0.235 e. The van der Waals surface area contributed by atoms with Crippen molar-refractivity contribution in [3.63, 3.8) is 0 Å². The lowest BCUT2D eigenvalue weighted by Crippen LogP contribution is -2.02. The molecule has 1 heterocycles. The van der Waals surface area contributed by atoms with Gasteiger partial charge in [0.1, 0.15) is 0 Å². The van der Waals surface area contributed by atoms with E-state index in [9.17, 15) is 0 Å². The van der Waals surface area contributed by atoms with E-state index in [0.717, 1.165) is 30.8 Å². The molecular formula is C10H16N2O. The van der Waals surface area contributed by atoms with Crippen molar-refractivity contribution < 1.29 is 4.74 Å². The highest BCUT2D eigenvalue weighted by atomic mass is 16.5. The first kappa shape index (κ1) is 9.96. The summed E-state index contributed by atoms with van der Waals surface area (Å²) in [6.07, 6.45) is 3.93. The number of ether oxygens (including phenoxy) is 1. The minimum absolute atomic E-state index is 0.666. The van der Waals surface area contributed by atoms with Crippen LogP contribution in [0.5, 0.6) is 5.88 Å². The Labute approximate surface area is 79.2 Å². The summed E-state index contributed by atoms with van der Waals surface area (Å²) in [5.41, 5.74) is 1.80. The van der Waals surface area contributed by atoms with Crippen LogP contribution < -0.4 is 4.74 Å². The second-order valence-corrected chi connectivity index (χ2v) is 3.10. The molecule has 3 heteroatoms. The van der Waals surface area contributed by atoms with Gasteiger partial charge in [-0.25, -0.2) is 4.98 Å². The van der Waals surface area contributed by atoms with Crippen molar-refractivity contribution in [2.75, 3.05) is 6.61 Å². The molecule has 1 aromatic heterocycles. The van der Waals surface area contributed by atoms with Crippen LogP contribution in [-0.2, 0) is 0 Å². The van der Waals surface area contributed by atoms with Crippen LogP contribution in [0.25, 0.3) is 0 Å². The summed E-state index contributed by atoms with van der Waals surface area (Å²) in [6.45, 7) is 6.71. The van der Waals surface area contributed by atoms with E-state index in [2.05, 4.69) is 16.9 Å². The zero-order valence-electron chi connectivity index (χ0n) is 8.50. The summed E-state index contributed by atoms with van der Waals surface area (Å²) < 4.78 is 5.46. The Morgan fingerprint density at radius 2 is 2.15 bits per heavy atom. The second kappa shape index (κ2) is 4.80. The average molecular weight is 180 g/mol. The number of hydrogen-bond donors (Lipinski definition) is 0. The highest BCUT2D eigenvalue weighted by Crippen LogP contribution is 2.11. The first-order valence-corrected chi connectivity index (χ1v) is 4.67. The monoisotopic (exact) mass is 180 g/mol. The second-order valence-electron chi connectivity index (χ2n) is 3.10. The first-order chi connectivity index (χ1) is 6.24. The molecule has 1 rings (SSSR count). The largest absolute Gasteiger partial charge is 0.476 e. The molecule has 0 saturated carbocycles. The van der Waals surface area contributed by atoms with Crippen molar-refractivity contribution in [1.82, 2.24) is 9.97 Å². The van der Waals surface area contributed by atoms with Crippen LogP contribution in [-0.4, -0.2) is 16.6 Å². The van der Waals surface area contributed by atoms with E-state index >= 15 is 0 Å². The van der Waals surface area contributed by atoms with Crippen LogP contribution in [0.1, 0.15) is 31.2 Å². The van der Waals surface area contributed by atoms with Crippen LogP contribution in [0.2, 0.25) is 0 Å². The molecule has 0 spiro atoms. The van der Waals surface area contributed by atoms with E-state index in [1.165, 1.54) is 0 Å². The van der Waals surface area contributed by atoms with Gasteiger partial charge in [0.15, 0.2) is 0 Å². The van der Waals surface area contributed by atoms with E-state index in [4.69, 9.17) is 4.74 Å². The lowest BCUT2D eigenvalue weighted by atomic mass is 10.3. The van der Waals surface area contributed by atoms with E-state index in [1.54, 1.807) is 6.20 Å². The van der Waals surface area contributed by atoms with Crippen molar-refractivity contribution in [2.45, 2.75) is 33.6 Å². The zero-order chi connectivity index (χ0) is 9.68. The van der Waals surface area contributed by atoms with E-state index < -0.39 is 0 Å². The van der Waals surface area contributed by atoms with Crippen molar-refractivity contribution in [3.05, 3.63) is 17.6 Å². The molecule has 0 unspecified atom stereocenters. The predicted molar refractivity (Wildman–Crippen MR) is 51.9 cm³/mol. The van der Waals surface area contributed by atoms with Crippen LogP contribution in [0, 0.1) is 13.8 Å². The average Bonchev–Trinajstić information content (AvgIpc) is 2.09. The van der Waals surface area contributed by atoms with E-state index in [-0.39, 0.29) is 0 Å². The first-order valence-electron chi connectivity index (χ1n) is 4.67. The van der Waals surface area contributed by atoms with Gasteiger partial charge in [0.05, 0.1) is 24.2 Å². The lowest BCUT2D eigenvalue weighted by Gasteiger charge is -2.06. The molecule has 0 saturated heterocycles. The van der Waals surface area contributed by atoms with Gasteiger partial charge in [-0.2, -0.15) is 0 Å². The summed E-state index contributed by atoms with van der Waals surface area (Å²) in [6, 6.07) is 0. The van der Waals surface area contributed by atoms with Crippen molar-refractivity contribution in [2.24, 2.45) is 0 Å². The van der Waals surface area contributed by atoms with Crippen LogP contribution in [0.15, 0.2) is 6.20 Å². The fraction of sp³-hybridized carbons (Fsp3) is 0.600.